The first-order valence-corrected chi connectivity index (χ1v) is 7.37. The number of rotatable bonds is 5. The molecule has 0 spiro atoms. The van der Waals surface area contributed by atoms with Crippen molar-refractivity contribution in [2.45, 2.75) is 32.8 Å². The Hall–Kier alpha value is -2.41. The molecule has 0 atom stereocenters. The van der Waals surface area contributed by atoms with E-state index in [0.29, 0.717) is 24.1 Å². The van der Waals surface area contributed by atoms with Gasteiger partial charge in [0.25, 0.3) is 11.8 Å². The van der Waals surface area contributed by atoms with Crippen molar-refractivity contribution in [2.24, 2.45) is 0 Å². The van der Waals surface area contributed by atoms with Crippen LogP contribution in [0.3, 0.4) is 0 Å². The minimum absolute atomic E-state index is 0.126. The third-order valence-corrected chi connectivity index (χ3v) is 2.97. The molecule has 7 heteroatoms. The number of imide groups is 1. The number of ether oxygens (including phenoxy) is 1. The number of benzene rings is 1. The van der Waals surface area contributed by atoms with Crippen LogP contribution in [0.2, 0.25) is 0 Å². The van der Waals surface area contributed by atoms with Crippen LogP contribution in [0.1, 0.15) is 47.9 Å². The maximum atomic E-state index is 12.0. The van der Waals surface area contributed by atoms with Crippen molar-refractivity contribution in [1.29, 1.82) is 0 Å². The predicted molar refractivity (Wildman–Crippen MR) is 81.7 cm³/mol. The standard InChI is InChI=1S/C16H20N2O5/c1-16(2,3)23-15(21)17-9-6-10-22-18-13(19)11-7-4-5-8-12(11)14(18)20/h4-5,7-8H,6,9-10H2,1-3H3,(H,17,21). The molecule has 3 amide bonds. The number of carbonyl (C=O) groups excluding carboxylic acids is 3. The summed E-state index contributed by atoms with van der Waals surface area (Å²) in [7, 11) is 0. The molecular weight excluding hydrogens is 300 g/mol. The summed E-state index contributed by atoms with van der Waals surface area (Å²) in [6.07, 6.45) is -0.0784. The van der Waals surface area contributed by atoms with E-state index in [0.717, 1.165) is 5.06 Å². The lowest BCUT2D eigenvalue weighted by molar-refractivity contribution is -0.0917. The lowest BCUT2D eigenvalue weighted by Crippen LogP contribution is -2.34. The Balaban J connectivity index is 1.73. The van der Waals surface area contributed by atoms with Crippen molar-refractivity contribution in [3.63, 3.8) is 0 Å². The fourth-order valence-electron chi connectivity index (χ4n) is 2.02. The zero-order chi connectivity index (χ0) is 17.0. The van der Waals surface area contributed by atoms with Gasteiger partial charge in [-0.1, -0.05) is 12.1 Å². The molecule has 0 aliphatic carbocycles. The van der Waals surface area contributed by atoms with E-state index in [4.69, 9.17) is 9.57 Å². The average molecular weight is 320 g/mol. The van der Waals surface area contributed by atoms with Crippen LogP contribution < -0.4 is 5.32 Å². The first-order chi connectivity index (χ1) is 10.8. The molecule has 0 saturated carbocycles. The SMILES string of the molecule is CC(C)(C)OC(=O)NCCCON1C(=O)c2ccccc2C1=O. The zero-order valence-electron chi connectivity index (χ0n) is 13.4. The highest BCUT2D eigenvalue weighted by atomic mass is 16.7. The number of hydrogen-bond donors (Lipinski definition) is 1. The van der Waals surface area contributed by atoms with E-state index in [1.807, 2.05) is 0 Å². The summed E-state index contributed by atoms with van der Waals surface area (Å²) in [5, 5.41) is 3.34. The van der Waals surface area contributed by atoms with Gasteiger partial charge in [0.05, 0.1) is 17.7 Å². The van der Waals surface area contributed by atoms with Gasteiger partial charge in [-0.3, -0.25) is 14.4 Å². The van der Waals surface area contributed by atoms with Crippen LogP contribution in [0.25, 0.3) is 0 Å². The van der Waals surface area contributed by atoms with Gasteiger partial charge in [0, 0.05) is 6.54 Å². The molecule has 0 unspecified atom stereocenters. The second-order valence-corrected chi connectivity index (χ2v) is 6.07. The summed E-state index contributed by atoms with van der Waals surface area (Å²) in [5.74, 6) is -0.934. The molecule has 1 aliphatic heterocycles. The van der Waals surface area contributed by atoms with Gasteiger partial charge >= 0.3 is 6.09 Å². The molecule has 1 N–H and O–H groups in total. The first-order valence-electron chi connectivity index (χ1n) is 7.37. The van der Waals surface area contributed by atoms with Crippen molar-refractivity contribution in [3.8, 4) is 0 Å². The molecule has 0 radical (unpaired) electrons. The van der Waals surface area contributed by atoms with E-state index in [-0.39, 0.29) is 6.61 Å². The Kier molecular flexibility index (Phi) is 5.00. The van der Waals surface area contributed by atoms with Gasteiger partial charge < -0.3 is 10.1 Å². The van der Waals surface area contributed by atoms with E-state index in [1.165, 1.54) is 0 Å². The Morgan fingerprint density at radius 1 is 1.13 bits per heavy atom. The number of nitrogens with zero attached hydrogens (tertiary/aromatic N) is 1. The summed E-state index contributed by atoms with van der Waals surface area (Å²) in [6.45, 7) is 5.77. The van der Waals surface area contributed by atoms with Gasteiger partial charge in [-0.15, -0.1) is 5.06 Å². The fourth-order valence-corrected chi connectivity index (χ4v) is 2.02. The van der Waals surface area contributed by atoms with Gasteiger partial charge in [-0.05, 0) is 39.3 Å². The van der Waals surface area contributed by atoms with Crippen LogP contribution in [0.15, 0.2) is 24.3 Å². The highest BCUT2D eigenvalue weighted by Gasteiger charge is 2.36. The number of fused-ring (bicyclic) bond motifs is 1. The van der Waals surface area contributed by atoms with Gasteiger partial charge in [-0.25, -0.2) is 4.79 Å². The Morgan fingerprint density at radius 3 is 2.22 bits per heavy atom. The van der Waals surface area contributed by atoms with Gasteiger partial charge in [0.2, 0.25) is 0 Å². The predicted octanol–water partition coefficient (Wildman–Crippen LogP) is 2.13. The molecule has 7 nitrogen and oxygen atoms in total. The van der Waals surface area contributed by atoms with Gasteiger partial charge in [0.1, 0.15) is 5.60 Å². The molecule has 2 rings (SSSR count). The number of alkyl carbamates (subject to hydrolysis) is 1. The molecule has 124 valence electrons. The van der Waals surface area contributed by atoms with Crippen LogP contribution in [0.5, 0.6) is 0 Å². The van der Waals surface area contributed by atoms with Crippen molar-refractivity contribution in [1.82, 2.24) is 10.4 Å². The second-order valence-electron chi connectivity index (χ2n) is 6.07. The van der Waals surface area contributed by atoms with Crippen molar-refractivity contribution >= 4 is 17.9 Å². The molecule has 0 saturated heterocycles. The van der Waals surface area contributed by atoms with Crippen LogP contribution >= 0.6 is 0 Å². The highest BCUT2D eigenvalue weighted by molar-refractivity contribution is 6.20. The molecule has 1 aliphatic rings. The number of amides is 3. The molecule has 23 heavy (non-hydrogen) atoms. The summed E-state index contributed by atoms with van der Waals surface area (Å²) in [5.41, 5.74) is 0.120. The number of hydrogen-bond acceptors (Lipinski definition) is 5. The Morgan fingerprint density at radius 2 is 1.70 bits per heavy atom. The molecule has 0 bridgehead atoms. The third kappa shape index (κ3) is 4.29. The molecule has 0 fully saturated rings. The number of hydroxylamine groups is 2. The van der Waals surface area contributed by atoms with Crippen molar-refractivity contribution in [2.75, 3.05) is 13.2 Å². The molecular formula is C16H20N2O5. The topological polar surface area (TPSA) is 84.9 Å². The lowest BCUT2D eigenvalue weighted by Gasteiger charge is -2.19. The quantitative estimate of drug-likeness (QED) is 0.663. The Bertz CT molecular complexity index is 586. The second kappa shape index (κ2) is 6.78. The maximum Gasteiger partial charge on any atom is 0.407 e. The van der Waals surface area contributed by atoms with Gasteiger partial charge in [-0.2, -0.15) is 0 Å². The third-order valence-electron chi connectivity index (χ3n) is 2.97. The molecule has 1 aromatic rings. The van der Waals surface area contributed by atoms with E-state index < -0.39 is 23.5 Å². The average Bonchev–Trinajstić information content (AvgIpc) is 2.70. The lowest BCUT2D eigenvalue weighted by atomic mass is 10.1. The van der Waals surface area contributed by atoms with Crippen molar-refractivity contribution < 1.29 is 24.0 Å². The normalized spacial score (nSPS) is 14.0. The summed E-state index contributed by atoms with van der Waals surface area (Å²) >= 11 is 0. The first kappa shape index (κ1) is 17.0. The molecule has 1 heterocycles. The summed E-state index contributed by atoms with van der Waals surface area (Å²) in [6, 6.07) is 6.56. The maximum absolute atomic E-state index is 12.0. The van der Waals surface area contributed by atoms with Crippen LogP contribution in [-0.2, 0) is 9.57 Å². The minimum Gasteiger partial charge on any atom is -0.444 e. The van der Waals surface area contributed by atoms with Crippen molar-refractivity contribution in [3.05, 3.63) is 35.4 Å². The summed E-state index contributed by atoms with van der Waals surface area (Å²) < 4.78 is 5.08. The monoisotopic (exact) mass is 320 g/mol. The Labute approximate surface area is 134 Å². The largest absolute Gasteiger partial charge is 0.444 e. The van der Waals surface area contributed by atoms with E-state index in [9.17, 15) is 14.4 Å². The summed E-state index contributed by atoms with van der Waals surface area (Å²) in [4.78, 5) is 40.7. The van der Waals surface area contributed by atoms with Crippen LogP contribution in [-0.4, -0.2) is 41.7 Å². The van der Waals surface area contributed by atoms with E-state index in [2.05, 4.69) is 5.32 Å². The number of nitrogens with one attached hydrogen (secondary N) is 1. The van der Waals surface area contributed by atoms with Gasteiger partial charge in [0.15, 0.2) is 0 Å². The van der Waals surface area contributed by atoms with E-state index >= 15 is 0 Å². The van der Waals surface area contributed by atoms with Crippen LogP contribution in [0, 0.1) is 0 Å². The number of carbonyl (C=O) groups is 3. The fraction of sp³-hybridized carbons (Fsp3) is 0.438. The smallest absolute Gasteiger partial charge is 0.407 e. The minimum atomic E-state index is -0.555. The van der Waals surface area contributed by atoms with E-state index in [1.54, 1.807) is 45.0 Å². The highest BCUT2D eigenvalue weighted by Crippen LogP contribution is 2.22. The zero-order valence-corrected chi connectivity index (χ0v) is 13.4. The molecule has 0 aromatic heterocycles. The molecule has 1 aromatic carbocycles. The van der Waals surface area contributed by atoms with Crippen LogP contribution in [0.4, 0.5) is 4.79 Å².